The molecule has 0 aromatic carbocycles. The first-order valence-corrected chi connectivity index (χ1v) is 3.27. The van der Waals surface area contributed by atoms with Crippen molar-refractivity contribution in [1.82, 2.24) is 0 Å². The Morgan fingerprint density at radius 1 is 1.43 bits per heavy atom. The second-order valence-corrected chi connectivity index (χ2v) is 2.24. The van der Waals surface area contributed by atoms with Gasteiger partial charge in [0.1, 0.15) is 0 Å². The summed E-state index contributed by atoms with van der Waals surface area (Å²) in [6.07, 6.45) is 0.770. The van der Waals surface area contributed by atoms with Crippen molar-refractivity contribution in [2.45, 2.75) is 0 Å². The Morgan fingerprint density at radius 2 is 1.86 bits per heavy atom. The molecule has 7 heavy (non-hydrogen) atoms. The van der Waals surface area contributed by atoms with Crippen LogP contribution in [0.3, 0.4) is 0 Å². The van der Waals surface area contributed by atoms with Crippen LogP contribution in [0.25, 0.3) is 0 Å². The van der Waals surface area contributed by atoms with Gasteiger partial charge in [0.05, 0.1) is 0 Å². The SMILES string of the molecule is C=CO[PH](O)(O)O. The van der Waals surface area contributed by atoms with Crippen LogP contribution in [0.2, 0.25) is 0 Å². The molecule has 0 rings (SSSR count). The zero-order valence-corrected chi connectivity index (χ0v) is 4.53. The standard InChI is InChI=1S/C2H7O4P/c1-2-6-7(3,4)5/h2-5,7H,1H2. The average Bonchev–Trinajstić information content (AvgIpc) is 1.30. The molecule has 0 atom stereocenters. The second kappa shape index (κ2) is 2.23. The Kier molecular flexibility index (Phi) is 2.19. The third kappa shape index (κ3) is 5.85. The molecule has 0 unspecified atom stereocenters. The minimum absolute atomic E-state index is 0.770. The van der Waals surface area contributed by atoms with Crippen molar-refractivity contribution in [2.75, 3.05) is 0 Å². The molecule has 0 fully saturated rings. The van der Waals surface area contributed by atoms with Crippen LogP contribution in [0.5, 0.6) is 0 Å². The molecule has 0 aliphatic carbocycles. The second-order valence-electron chi connectivity index (χ2n) is 0.858. The quantitative estimate of drug-likeness (QED) is 0.345. The molecular formula is C2H7O4P. The summed E-state index contributed by atoms with van der Waals surface area (Å²) in [7, 11) is -4.28. The van der Waals surface area contributed by atoms with Crippen LogP contribution in [0.15, 0.2) is 12.8 Å². The van der Waals surface area contributed by atoms with E-state index in [-0.39, 0.29) is 0 Å². The Balaban J connectivity index is 3.34. The predicted molar refractivity (Wildman–Crippen MR) is 26.3 cm³/mol. The number of hydrogen-bond acceptors (Lipinski definition) is 4. The van der Waals surface area contributed by atoms with Crippen LogP contribution in [0.4, 0.5) is 0 Å². The van der Waals surface area contributed by atoms with E-state index < -0.39 is 8.17 Å². The first-order chi connectivity index (χ1) is 3.06. The summed E-state index contributed by atoms with van der Waals surface area (Å²) in [4.78, 5) is 23.9. The fourth-order valence-electron chi connectivity index (χ4n) is 0.112. The topological polar surface area (TPSA) is 69.9 Å². The van der Waals surface area contributed by atoms with Gasteiger partial charge in [-0.1, -0.05) is 0 Å². The molecule has 0 saturated heterocycles. The van der Waals surface area contributed by atoms with Crippen LogP contribution in [-0.2, 0) is 4.52 Å². The Hall–Kier alpha value is -0.150. The van der Waals surface area contributed by atoms with Gasteiger partial charge >= 0.3 is 40.2 Å². The maximum atomic E-state index is 7.97. The van der Waals surface area contributed by atoms with E-state index in [2.05, 4.69) is 11.1 Å². The summed E-state index contributed by atoms with van der Waals surface area (Å²) >= 11 is 0. The van der Waals surface area contributed by atoms with E-state index in [0.29, 0.717) is 0 Å². The molecular weight excluding hydrogens is 119 g/mol. The van der Waals surface area contributed by atoms with E-state index in [1.165, 1.54) is 0 Å². The van der Waals surface area contributed by atoms with Gasteiger partial charge in [0, 0.05) is 0 Å². The molecule has 0 aliphatic rings. The third-order valence-corrected chi connectivity index (χ3v) is 0.724. The summed E-state index contributed by atoms with van der Waals surface area (Å²) in [5, 5.41) is 0. The molecule has 0 aromatic rings. The van der Waals surface area contributed by atoms with Crippen LogP contribution in [-0.4, -0.2) is 14.7 Å². The number of hydrogen-bond donors (Lipinski definition) is 3. The van der Waals surface area contributed by atoms with Crippen molar-refractivity contribution in [3.8, 4) is 0 Å². The van der Waals surface area contributed by atoms with Gasteiger partial charge in [-0.3, -0.25) is 0 Å². The molecule has 0 amide bonds. The third-order valence-electron chi connectivity index (χ3n) is 0.241. The van der Waals surface area contributed by atoms with E-state index in [9.17, 15) is 0 Å². The molecule has 0 aromatic heterocycles. The van der Waals surface area contributed by atoms with Crippen LogP contribution >= 0.6 is 8.17 Å². The van der Waals surface area contributed by atoms with Gasteiger partial charge < -0.3 is 0 Å². The van der Waals surface area contributed by atoms with Gasteiger partial charge in [-0.15, -0.1) is 0 Å². The molecule has 0 saturated carbocycles. The molecule has 0 bridgehead atoms. The van der Waals surface area contributed by atoms with Gasteiger partial charge in [-0.05, 0) is 0 Å². The van der Waals surface area contributed by atoms with Crippen molar-refractivity contribution in [2.24, 2.45) is 0 Å². The zero-order valence-electron chi connectivity index (χ0n) is 3.53. The van der Waals surface area contributed by atoms with E-state index in [0.717, 1.165) is 6.26 Å². The summed E-state index contributed by atoms with van der Waals surface area (Å²) in [6, 6.07) is 0. The maximum absolute atomic E-state index is 7.97. The van der Waals surface area contributed by atoms with Gasteiger partial charge in [0.25, 0.3) is 0 Å². The van der Waals surface area contributed by atoms with E-state index in [1.54, 1.807) is 0 Å². The van der Waals surface area contributed by atoms with Crippen LogP contribution in [0.1, 0.15) is 0 Å². The molecule has 0 radical (unpaired) electrons. The molecule has 0 heterocycles. The molecule has 5 heteroatoms. The van der Waals surface area contributed by atoms with Crippen molar-refractivity contribution in [3.63, 3.8) is 0 Å². The van der Waals surface area contributed by atoms with Gasteiger partial charge in [0.2, 0.25) is 0 Å². The van der Waals surface area contributed by atoms with Crippen molar-refractivity contribution in [1.29, 1.82) is 0 Å². The molecule has 44 valence electrons. The fraction of sp³-hybridized carbons (Fsp3) is 0. The summed E-state index contributed by atoms with van der Waals surface area (Å²) in [5.41, 5.74) is 0. The van der Waals surface area contributed by atoms with Gasteiger partial charge in [-0.25, -0.2) is 0 Å². The van der Waals surface area contributed by atoms with Crippen molar-refractivity contribution >= 4 is 8.17 Å². The monoisotopic (exact) mass is 126 g/mol. The molecule has 3 N–H and O–H groups in total. The van der Waals surface area contributed by atoms with Gasteiger partial charge in [-0.2, -0.15) is 0 Å². The average molecular weight is 126 g/mol. The Morgan fingerprint density at radius 3 is 1.86 bits per heavy atom. The summed E-state index contributed by atoms with van der Waals surface area (Å²) < 4.78 is 3.80. The predicted octanol–water partition coefficient (Wildman–Crippen LogP) is -0.467. The Bertz CT molecular complexity index is 64.6. The van der Waals surface area contributed by atoms with Crippen LogP contribution < -0.4 is 0 Å². The minimum atomic E-state index is -4.28. The van der Waals surface area contributed by atoms with Crippen molar-refractivity contribution in [3.05, 3.63) is 12.8 Å². The molecule has 0 spiro atoms. The first-order valence-electron chi connectivity index (χ1n) is 1.52. The zero-order chi connectivity index (χ0) is 5.91. The van der Waals surface area contributed by atoms with E-state index in [4.69, 9.17) is 14.7 Å². The first kappa shape index (κ1) is 6.85. The van der Waals surface area contributed by atoms with Crippen molar-refractivity contribution < 1.29 is 19.2 Å². The van der Waals surface area contributed by atoms with Gasteiger partial charge in [0.15, 0.2) is 0 Å². The normalized spacial score (nSPS) is 13.0. The molecule has 4 nitrogen and oxygen atoms in total. The van der Waals surface area contributed by atoms with E-state index in [1.807, 2.05) is 0 Å². The van der Waals surface area contributed by atoms with E-state index >= 15 is 0 Å². The number of rotatable bonds is 2. The summed E-state index contributed by atoms with van der Waals surface area (Å²) in [6.45, 7) is 2.98. The fourth-order valence-corrected chi connectivity index (χ4v) is 0.335. The van der Waals surface area contributed by atoms with Crippen LogP contribution in [0, 0.1) is 0 Å². The molecule has 0 aliphatic heterocycles. The Labute approximate surface area is 41.3 Å². The summed E-state index contributed by atoms with van der Waals surface area (Å²) in [5.74, 6) is 0.